The normalized spacial score (nSPS) is 13.7. The second-order valence-corrected chi connectivity index (χ2v) is 13.2. The van der Waals surface area contributed by atoms with E-state index in [2.05, 4.69) is 21.2 Å². The molecule has 0 radical (unpaired) electrons. The Morgan fingerprint density at radius 1 is 1.09 bits per heavy atom. The van der Waals surface area contributed by atoms with Crippen molar-refractivity contribution in [2.45, 2.75) is 90.2 Å². The van der Waals surface area contributed by atoms with Crippen LogP contribution in [-0.2, 0) is 19.1 Å². The molecule has 1 aromatic heterocycles. The second kappa shape index (κ2) is 16.1. The van der Waals surface area contributed by atoms with Gasteiger partial charge in [0, 0.05) is 24.7 Å². The van der Waals surface area contributed by atoms with Crippen molar-refractivity contribution in [3.63, 3.8) is 0 Å². The molecule has 2 aromatic rings. The van der Waals surface area contributed by atoms with E-state index in [9.17, 15) is 19.2 Å². The number of anilines is 1. The van der Waals surface area contributed by atoms with E-state index in [0.29, 0.717) is 28.7 Å². The van der Waals surface area contributed by atoms with Gasteiger partial charge in [-0.25, -0.2) is 14.4 Å². The lowest BCUT2D eigenvalue weighted by molar-refractivity contribution is -0.157. The number of thiophene rings is 1. The molecular weight excluding hydrogens is 640 g/mol. The van der Waals surface area contributed by atoms with Gasteiger partial charge in [0.05, 0.1) is 16.5 Å². The fourth-order valence-corrected chi connectivity index (χ4v) is 6.90. The number of esters is 2. The number of methoxy groups -OCH3 is 1. The highest BCUT2D eigenvalue weighted by Gasteiger charge is 2.29. The molecule has 1 saturated carbocycles. The van der Waals surface area contributed by atoms with Crippen molar-refractivity contribution in [1.29, 1.82) is 0 Å². The summed E-state index contributed by atoms with van der Waals surface area (Å²) in [5, 5.41) is 11.9. The number of carboxylic acids is 1. The van der Waals surface area contributed by atoms with Gasteiger partial charge in [0.1, 0.15) is 5.60 Å². The average Bonchev–Trinajstić information content (AvgIpc) is 3.29. The lowest BCUT2D eigenvalue weighted by Crippen LogP contribution is -2.47. The molecule has 0 saturated heterocycles. The van der Waals surface area contributed by atoms with Gasteiger partial charge >= 0.3 is 23.9 Å². The Kier molecular flexibility index (Phi) is 12.9. The Labute approximate surface area is 265 Å². The average molecular weight is 682 g/mol. The molecule has 1 heterocycles. The summed E-state index contributed by atoms with van der Waals surface area (Å²) in [6.07, 6.45) is 7.13. The molecule has 1 aliphatic carbocycles. The second-order valence-electron chi connectivity index (χ2n) is 11.4. The van der Waals surface area contributed by atoms with E-state index in [1.807, 2.05) is 29.2 Å². The maximum atomic E-state index is 13.5. The zero-order valence-corrected chi connectivity index (χ0v) is 27.6. The SMILES string of the molecule is COC(=O)c1sc(-c2cccc(N(C(=O)NCCCCCC(=O)O)C3CCCCC3)c2)c(Br)c1OCC(=O)OC(C)(C)C. The number of amides is 2. The summed E-state index contributed by atoms with van der Waals surface area (Å²) < 4.78 is 16.6. The number of benzene rings is 1. The molecule has 3 rings (SSSR count). The van der Waals surface area contributed by atoms with Crippen LogP contribution < -0.4 is 15.0 Å². The van der Waals surface area contributed by atoms with Crippen molar-refractivity contribution in [3.8, 4) is 16.2 Å². The molecule has 1 aromatic carbocycles. The number of halogens is 1. The van der Waals surface area contributed by atoms with Crippen LogP contribution in [0, 0.1) is 0 Å². The third-order valence-corrected chi connectivity index (χ3v) is 9.04. The number of hydrogen-bond acceptors (Lipinski definition) is 8. The molecule has 10 nitrogen and oxygen atoms in total. The lowest BCUT2D eigenvalue weighted by atomic mass is 9.94. The summed E-state index contributed by atoms with van der Waals surface area (Å²) in [6, 6.07) is 7.41. The Hall–Kier alpha value is -3.12. The number of aliphatic carboxylic acids is 1. The van der Waals surface area contributed by atoms with E-state index in [4.69, 9.17) is 19.3 Å². The summed E-state index contributed by atoms with van der Waals surface area (Å²) in [5.41, 5.74) is 0.804. The molecular formula is C31H41BrN2O8S. The smallest absolute Gasteiger partial charge is 0.351 e. The van der Waals surface area contributed by atoms with Crippen molar-refractivity contribution in [1.82, 2.24) is 5.32 Å². The summed E-state index contributed by atoms with van der Waals surface area (Å²) in [5.74, 6) is -1.79. The third-order valence-electron chi connectivity index (χ3n) is 6.82. The van der Waals surface area contributed by atoms with Crippen molar-refractivity contribution >= 4 is 56.9 Å². The predicted octanol–water partition coefficient (Wildman–Crippen LogP) is 7.18. The van der Waals surface area contributed by atoms with E-state index in [1.165, 1.54) is 18.4 Å². The standard InChI is InChI=1S/C31H41BrN2O8S/c1-31(2,3)42-24(37)19-41-26-25(32)27(43-28(26)29(38)40-4)20-12-11-15-22(18-20)34(21-13-7-5-8-14-21)30(39)33-17-10-6-9-16-23(35)36/h11-12,15,18,21H,5-10,13-14,16-17,19H2,1-4H3,(H,33,39)(H,35,36). The van der Waals surface area contributed by atoms with Crippen molar-refractivity contribution in [3.05, 3.63) is 33.6 Å². The van der Waals surface area contributed by atoms with Gasteiger partial charge in [-0.3, -0.25) is 9.69 Å². The monoisotopic (exact) mass is 680 g/mol. The Morgan fingerprint density at radius 2 is 1.81 bits per heavy atom. The highest BCUT2D eigenvalue weighted by Crippen LogP contribution is 2.46. The van der Waals surface area contributed by atoms with Gasteiger partial charge in [-0.2, -0.15) is 0 Å². The number of urea groups is 1. The molecule has 1 aliphatic rings. The first kappa shape index (κ1) is 34.4. The number of nitrogens with zero attached hydrogens (tertiary/aromatic N) is 1. The van der Waals surface area contributed by atoms with Crippen LogP contribution in [0.15, 0.2) is 28.7 Å². The topological polar surface area (TPSA) is 131 Å². The van der Waals surface area contributed by atoms with Gasteiger partial charge < -0.3 is 24.6 Å². The zero-order valence-electron chi connectivity index (χ0n) is 25.2. The number of carboxylic acid groups (broad SMARTS) is 1. The fourth-order valence-electron chi connectivity index (χ4n) is 4.93. The lowest BCUT2D eigenvalue weighted by Gasteiger charge is -2.34. The number of carbonyl (C=O) groups excluding carboxylic acids is 3. The largest absolute Gasteiger partial charge is 0.481 e. The quantitative estimate of drug-likeness (QED) is 0.168. The molecule has 0 unspecified atom stereocenters. The minimum Gasteiger partial charge on any atom is -0.481 e. The van der Waals surface area contributed by atoms with Crippen molar-refractivity contribution < 1.29 is 38.5 Å². The molecule has 236 valence electrons. The molecule has 43 heavy (non-hydrogen) atoms. The first-order valence-corrected chi connectivity index (χ1v) is 16.2. The van der Waals surface area contributed by atoms with Crippen LogP contribution in [0.2, 0.25) is 0 Å². The fraction of sp³-hybridized carbons (Fsp3) is 0.548. The van der Waals surface area contributed by atoms with E-state index in [-0.39, 0.29) is 35.7 Å². The van der Waals surface area contributed by atoms with E-state index in [1.54, 1.807) is 20.8 Å². The van der Waals surface area contributed by atoms with Gasteiger partial charge in [0.15, 0.2) is 17.2 Å². The Balaban J connectivity index is 1.87. The van der Waals surface area contributed by atoms with E-state index < -0.39 is 23.5 Å². The van der Waals surface area contributed by atoms with E-state index in [0.717, 1.165) is 49.8 Å². The number of nitrogens with one attached hydrogen (secondary N) is 1. The van der Waals surface area contributed by atoms with Crippen molar-refractivity contribution in [2.75, 3.05) is 25.2 Å². The highest BCUT2D eigenvalue weighted by molar-refractivity contribution is 9.10. The van der Waals surface area contributed by atoms with Crippen LogP contribution in [-0.4, -0.2) is 60.9 Å². The maximum Gasteiger partial charge on any atom is 0.351 e. The summed E-state index contributed by atoms with van der Waals surface area (Å²) >= 11 is 4.74. The van der Waals surface area contributed by atoms with Crippen LogP contribution in [0.1, 0.15) is 88.2 Å². The summed E-state index contributed by atoms with van der Waals surface area (Å²) in [7, 11) is 1.28. The molecule has 1 fully saturated rings. The van der Waals surface area contributed by atoms with Crippen LogP contribution in [0.5, 0.6) is 5.75 Å². The van der Waals surface area contributed by atoms with Crippen molar-refractivity contribution in [2.24, 2.45) is 0 Å². The number of rotatable bonds is 13. The number of carbonyl (C=O) groups is 4. The molecule has 12 heteroatoms. The minimum absolute atomic E-state index is 0.0427. The number of hydrogen-bond donors (Lipinski definition) is 2. The Morgan fingerprint density at radius 3 is 2.47 bits per heavy atom. The highest BCUT2D eigenvalue weighted by atomic mass is 79.9. The van der Waals surface area contributed by atoms with Gasteiger partial charge in [-0.1, -0.05) is 37.8 Å². The number of ether oxygens (including phenoxy) is 3. The van der Waals surface area contributed by atoms with Crippen LogP contribution in [0.4, 0.5) is 10.5 Å². The predicted molar refractivity (Wildman–Crippen MR) is 169 cm³/mol. The summed E-state index contributed by atoms with van der Waals surface area (Å²) in [6.45, 7) is 5.35. The molecule has 0 bridgehead atoms. The summed E-state index contributed by atoms with van der Waals surface area (Å²) in [4.78, 5) is 52.0. The molecule has 2 N–H and O–H groups in total. The van der Waals surface area contributed by atoms with Gasteiger partial charge in [-0.05, 0) is 80.1 Å². The third kappa shape index (κ3) is 10.2. The molecule has 0 atom stereocenters. The Bertz CT molecular complexity index is 1280. The van der Waals surface area contributed by atoms with Gasteiger partial charge in [-0.15, -0.1) is 11.3 Å². The minimum atomic E-state index is -0.815. The van der Waals surface area contributed by atoms with E-state index >= 15 is 0 Å². The first-order chi connectivity index (χ1) is 20.4. The van der Waals surface area contributed by atoms with Gasteiger partial charge in [0.25, 0.3) is 0 Å². The molecule has 0 spiro atoms. The van der Waals surface area contributed by atoms with Crippen LogP contribution in [0.3, 0.4) is 0 Å². The number of unbranched alkanes of at least 4 members (excludes halogenated alkanes) is 2. The maximum absolute atomic E-state index is 13.5. The zero-order chi connectivity index (χ0) is 31.6. The molecule has 0 aliphatic heterocycles. The van der Waals surface area contributed by atoms with Gasteiger partial charge in [0.2, 0.25) is 0 Å². The first-order valence-electron chi connectivity index (χ1n) is 14.6. The molecule has 2 amide bonds. The van der Waals surface area contributed by atoms with Crippen LogP contribution >= 0.6 is 27.3 Å². The van der Waals surface area contributed by atoms with Crippen LogP contribution in [0.25, 0.3) is 10.4 Å².